The smallest absolute Gasteiger partial charge is 0.382 e. The van der Waals surface area contributed by atoms with Crippen LogP contribution in [0, 0.1) is 5.92 Å². The van der Waals surface area contributed by atoms with Crippen molar-refractivity contribution in [3.05, 3.63) is 65.5 Å². The number of hydrogen-bond acceptors (Lipinski definition) is 11. The van der Waals surface area contributed by atoms with Crippen LogP contribution in [-0.2, 0) is 46.7 Å². The number of benzene rings is 2. The number of rotatable bonds is 24. The molecule has 1 fully saturated rings. The summed E-state index contributed by atoms with van der Waals surface area (Å²) in [6, 6.07) is 17.7. The molecule has 17 heteroatoms. The lowest BCUT2D eigenvalue weighted by atomic mass is 10.0. The minimum absolute atomic E-state index is 0.0145. The van der Waals surface area contributed by atoms with Crippen LogP contribution in [0.4, 0.5) is 24.5 Å². The number of carbonyl (C=O) groups excluding carboxylic acids is 1. The van der Waals surface area contributed by atoms with E-state index < -0.39 is 22.6 Å². The van der Waals surface area contributed by atoms with E-state index in [-0.39, 0.29) is 22.8 Å². The van der Waals surface area contributed by atoms with E-state index in [0.29, 0.717) is 77.2 Å². The number of sulfone groups is 1. The summed E-state index contributed by atoms with van der Waals surface area (Å²) < 4.78 is 89.0. The minimum Gasteiger partial charge on any atom is -0.382 e. The first-order valence-electron chi connectivity index (χ1n) is 19.7. The van der Waals surface area contributed by atoms with Gasteiger partial charge in [0.15, 0.2) is 9.84 Å². The van der Waals surface area contributed by atoms with Gasteiger partial charge in [0, 0.05) is 72.6 Å². The highest BCUT2D eigenvalue weighted by Crippen LogP contribution is 2.38. The van der Waals surface area contributed by atoms with Gasteiger partial charge in [-0.3, -0.25) is 4.79 Å². The Bertz CT molecular complexity index is 1980. The molecule has 0 atom stereocenters. The maximum Gasteiger partial charge on any atom is 0.406 e. The second-order valence-corrected chi connectivity index (χ2v) is 17.7. The number of likely N-dealkylation sites (tertiary alicyclic amines) is 1. The highest BCUT2D eigenvalue weighted by atomic mass is 32.2. The Balaban J connectivity index is 1.02. The van der Waals surface area contributed by atoms with Crippen LogP contribution in [0.1, 0.15) is 31.6 Å². The zero-order valence-corrected chi connectivity index (χ0v) is 35.1. The fourth-order valence-corrected chi connectivity index (χ4v) is 8.11. The van der Waals surface area contributed by atoms with E-state index in [0.717, 1.165) is 65.2 Å². The third-order valence-electron chi connectivity index (χ3n) is 9.63. The molecule has 320 valence electrons. The molecule has 1 aliphatic rings. The molecule has 3 heterocycles. The van der Waals surface area contributed by atoms with Gasteiger partial charge < -0.3 is 44.4 Å². The van der Waals surface area contributed by atoms with Crippen LogP contribution in [0.25, 0.3) is 21.5 Å². The number of carbonyl (C=O) groups is 1. The van der Waals surface area contributed by atoms with Crippen molar-refractivity contribution in [1.82, 2.24) is 14.8 Å². The van der Waals surface area contributed by atoms with E-state index in [1.165, 1.54) is 15.9 Å². The number of amides is 1. The van der Waals surface area contributed by atoms with Gasteiger partial charge in [-0.2, -0.15) is 13.2 Å². The summed E-state index contributed by atoms with van der Waals surface area (Å²) in [7, 11) is -3.30. The summed E-state index contributed by atoms with van der Waals surface area (Å²) in [5.41, 5.74) is 2.59. The Labute approximate surface area is 343 Å². The number of halogens is 3. The van der Waals surface area contributed by atoms with Crippen molar-refractivity contribution in [1.29, 1.82) is 0 Å². The fraction of sp³-hybridized carbons (Fsp3) is 0.537. The van der Waals surface area contributed by atoms with Crippen LogP contribution in [0.15, 0.2) is 65.6 Å². The first kappa shape index (κ1) is 45.4. The number of fused-ring (bicyclic) bond motifs is 1. The molecule has 3 N–H and O–H groups in total. The van der Waals surface area contributed by atoms with E-state index in [1.807, 2.05) is 38.1 Å². The van der Waals surface area contributed by atoms with E-state index in [2.05, 4.69) is 20.9 Å². The molecule has 2 aromatic heterocycles. The molecule has 4 aromatic rings. The number of nitrogens with zero attached hydrogens (tertiary/aromatic N) is 2. The largest absolute Gasteiger partial charge is 0.406 e. The molecule has 58 heavy (non-hydrogen) atoms. The van der Waals surface area contributed by atoms with Gasteiger partial charge >= 0.3 is 6.18 Å². The first-order chi connectivity index (χ1) is 27.8. The quantitative estimate of drug-likeness (QED) is 0.0658. The van der Waals surface area contributed by atoms with Crippen LogP contribution < -0.4 is 16.0 Å². The number of aromatic nitrogens is 1. The molecular weight excluding hydrogens is 796 g/mol. The number of piperidine rings is 1. The zero-order valence-electron chi connectivity index (χ0n) is 33.4. The monoisotopic (exact) mass is 851 g/mol. The molecule has 0 bridgehead atoms. The Kier molecular flexibility index (Phi) is 17.3. The van der Waals surface area contributed by atoms with E-state index >= 15 is 0 Å². The van der Waals surface area contributed by atoms with Gasteiger partial charge in [0.1, 0.15) is 6.54 Å². The van der Waals surface area contributed by atoms with Gasteiger partial charge in [0.2, 0.25) is 5.91 Å². The standard InChI is InChI=1S/C41H56F3N5O7S2/c1-30(2)40(50)45-15-19-53-21-23-55-25-26-56-24-22-54-20-18-48-16-13-32(14-17-48)47-36-5-4-6-37-35(36)27-38(49(37)29-41(42,43)44)39-12-9-33(57-39)28-46-31-7-10-34(11-8-31)58(3,51)52/h4-12,27,30,32,46-47H,13-26,28-29H2,1-3H3,(H,45,50). The van der Waals surface area contributed by atoms with Gasteiger partial charge in [-0.05, 0) is 67.4 Å². The fourth-order valence-electron chi connectivity index (χ4n) is 6.51. The topological polar surface area (TPSA) is 132 Å². The van der Waals surface area contributed by atoms with Crippen molar-refractivity contribution < 1.29 is 45.3 Å². The molecular formula is C41H56F3N5O7S2. The van der Waals surface area contributed by atoms with E-state index in [9.17, 15) is 26.4 Å². The maximum atomic E-state index is 13.9. The number of nitrogens with one attached hydrogen (secondary N) is 3. The lowest BCUT2D eigenvalue weighted by Gasteiger charge is -2.32. The van der Waals surface area contributed by atoms with Gasteiger partial charge in [-0.15, -0.1) is 11.3 Å². The van der Waals surface area contributed by atoms with Gasteiger partial charge in [0.05, 0.1) is 73.8 Å². The third-order valence-corrected chi connectivity index (χ3v) is 11.9. The normalized spacial score (nSPS) is 14.4. The lowest BCUT2D eigenvalue weighted by Crippen LogP contribution is -2.40. The molecule has 1 amide bonds. The summed E-state index contributed by atoms with van der Waals surface area (Å²) in [6.07, 6.45) is -1.46. The first-order valence-corrected chi connectivity index (χ1v) is 22.4. The Morgan fingerprint density at radius 3 is 2.14 bits per heavy atom. The summed E-state index contributed by atoms with van der Waals surface area (Å²) in [6.45, 7) is 9.97. The molecule has 0 saturated carbocycles. The van der Waals surface area contributed by atoms with Crippen LogP contribution in [-0.4, -0.2) is 121 Å². The molecule has 2 aromatic carbocycles. The van der Waals surface area contributed by atoms with Crippen LogP contribution >= 0.6 is 11.3 Å². The molecule has 12 nitrogen and oxygen atoms in total. The zero-order chi connectivity index (χ0) is 41.5. The highest BCUT2D eigenvalue weighted by Gasteiger charge is 2.31. The van der Waals surface area contributed by atoms with Crippen molar-refractivity contribution in [3.8, 4) is 10.6 Å². The van der Waals surface area contributed by atoms with Crippen molar-refractivity contribution in [2.24, 2.45) is 5.92 Å². The van der Waals surface area contributed by atoms with Crippen molar-refractivity contribution >= 4 is 49.4 Å². The number of anilines is 2. The predicted molar refractivity (Wildman–Crippen MR) is 222 cm³/mol. The third kappa shape index (κ3) is 14.5. The number of thiophene rings is 1. The maximum absolute atomic E-state index is 13.9. The van der Waals surface area contributed by atoms with Gasteiger partial charge in [-0.25, -0.2) is 8.42 Å². The average molecular weight is 852 g/mol. The minimum atomic E-state index is -4.41. The Morgan fingerprint density at radius 2 is 1.52 bits per heavy atom. The Morgan fingerprint density at radius 1 is 0.879 bits per heavy atom. The average Bonchev–Trinajstić information content (AvgIpc) is 3.80. The lowest BCUT2D eigenvalue weighted by molar-refractivity contribution is -0.139. The molecule has 0 radical (unpaired) electrons. The second kappa shape index (κ2) is 22.1. The van der Waals surface area contributed by atoms with Crippen LogP contribution in [0.3, 0.4) is 0 Å². The van der Waals surface area contributed by atoms with Gasteiger partial charge in [0.25, 0.3) is 0 Å². The molecule has 0 unspecified atom stereocenters. The van der Waals surface area contributed by atoms with Crippen LogP contribution in [0.2, 0.25) is 0 Å². The summed E-state index contributed by atoms with van der Waals surface area (Å²) in [4.78, 5) is 15.7. The van der Waals surface area contributed by atoms with Crippen molar-refractivity contribution in [2.45, 2.75) is 56.9 Å². The number of hydrogen-bond donors (Lipinski definition) is 3. The molecule has 5 rings (SSSR count). The highest BCUT2D eigenvalue weighted by molar-refractivity contribution is 7.90. The van der Waals surface area contributed by atoms with Crippen molar-refractivity contribution in [3.63, 3.8) is 0 Å². The molecule has 1 saturated heterocycles. The molecule has 0 spiro atoms. The van der Waals surface area contributed by atoms with Crippen molar-refractivity contribution in [2.75, 3.05) is 95.9 Å². The SMILES string of the molecule is CC(C)C(=O)NCCOCCOCCOCCOCCN1CCC(Nc2cccc3c2cc(-c2ccc(CNc4ccc(S(C)(=O)=O)cc4)s2)n3CC(F)(F)F)CC1. The molecule has 1 aliphatic heterocycles. The second-order valence-electron chi connectivity index (χ2n) is 14.5. The van der Waals surface area contributed by atoms with Crippen LogP contribution in [0.5, 0.6) is 0 Å². The summed E-state index contributed by atoms with van der Waals surface area (Å²) >= 11 is 1.42. The van der Waals surface area contributed by atoms with Gasteiger partial charge in [-0.1, -0.05) is 19.9 Å². The predicted octanol–water partition coefficient (Wildman–Crippen LogP) is 6.66. The number of ether oxygens (including phenoxy) is 4. The summed E-state index contributed by atoms with van der Waals surface area (Å²) in [5.74, 6) is -0.0225. The molecule has 0 aliphatic carbocycles. The Hall–Kier alpha value is -3.71. The summed E-state index contributed by atoms with van der Waals surface area (Å²) in [5, 5.41) is 10.5. The van der Waals surface area contributed by atoms with E-state index in [1.54, 1.807) is 36.4 Å². The number of alkyl halides is 3. The van der Waals surface area contributed by atoms with E-state index in [4.69, 9.17) is 18.9 Å².